The van der Waals surface area contributed by atoms with Crippen LogP contribution in [-0.2, 0) is 0 Å². The van der Waals surface area contributed by atoms with Crippen LogP contribution in [0.5, 0.6) is 0 Å². The molecule has 0 N–H and O–H groups in total. The Morgan fingerprint density at radius 1 is 0.727 bits per heavy atom. The molecule has 2 nitrogen and oxygen atoms in total. The van der Waals surface area contributed by atoms with E-state index in [-0.39, 0.29) is 0 Å². The van der Waals surface area contributed by atoms with Gasteiger partial charge < -0.3 is 4.42 Å². The maximum absolute atomic E-state index is 5.61. The average Bonchev–Trinajstić information content (AvgIpc) is 2.94. The van der Waals surface area contributed by atoms with Gasteiger partial charge in [-0.15, -0.1) is 0 Å². The predicted octanol–water partition coefficient (Wildman–Crippen LogP) is 5.60. The normalized spacial score (nSPS) is 11.9. The van der Waals surface area contributed by atoms with Gasteiger partial charge in [0, 0.05) is 16.2 Å². The van der Waals surface area contributed by atoms with Gasteiger partial charge in [-0.1, -0.05) is 48.5 Å². The van der Waals surface area contributed by atoms with Gasteiger partial charge in [0.15, 0.2) is 0 Å². The molecule has 0 saturated heterocycles. The number of pyridine rings is 1. The Hall–Kier alpha value is -2.87. The van der Waals surface area contributed by atoms with Crippen LogP contribution in [0.3, 0.4) is 0 Å². The lowest BCUT2D eigenvalue weighted by Gasteiger charge is -2.09. The Kier molecular flexibility index (Phi) is 2.18. The molecule has 0 aliphatic rings. The third kappa shape index (κ3) is 1.41. The average molecular weight is 283 g/mol. The molecule has 2 heterocycles. The molecule has 0 atom stereocenters. The van der Waals surface area contributed by atoms with Gasteiger partial charge in [-0.2, -0.15) is 0 Å². The molecule has 0 bridgehead atoms. The fourth-order valence-electron chi connectivity index (χ4n) is 3.36. The highest BCUT2D eigenvalue weighted by Crippen LogP contribution is 2.36. The largest absolute Gasteiger partial charge is 0.446 e. The molecule has 0 saturated carbocycles. The maximum atomic E-state index is 5.61. The monoisotopic (exact) mass is 283 g/mol. The van der Waals surface area contributed by atoms with Crippen molar-refractivity contribution in [3.05, 3.63) is 66.4 Å². The van der Waals surface area contributed by atoms with Crippen LogP contribution >= 0.6 is 0 Å². The summed E-state index contributed by atoms with van der Waals surface area (Å²) < 4.78 is 5.61. The van der Waals surface area contributed by atoms with Crippen molar-refractivity contribution in [2.45, 2.75) is 6.92 Å². The Bertz CT molecular complexity index is 1180. The highest BCUT2D eigenvalue weighted by Gasteiger charge is 2.12. The third-order valence-electron chi connectivity index (χ3n) is 4.45. The number of hydrogen-bond acceptors (Lipinski definition) is 2. The summed E-state index contributed by atoms with van der Waals surface area (Å²) in [5, 5.41) is 7.20. The number of aryl methyl sites for hydroxylation is 1. The van der Waals surface area contributed by atoms with Crippen molar-refractivity contribution in [3.63, 3.8) is 0 Å². The molecule has 5 aromatic rings. The Morgan fingerprint density at radius 2 is 1.32 bits per heavy atom. The van der Waals surface area contributed by atoms with E-state index >= 15 is 0 Å². The summed E-state index contributed by atoms with van der Waals surface area (Å²) in [7, 11) is 0. The lowest BCUT2D eigenvalue weighted by molar-refractivity contribution is 0.602. The summed E-state index contributed by atoms with van der Waals surface area (Å²) in [6.07, 6.45) is 1.78. The second-order valence-electron chi connectivity index (χ2n) is 5.75. The third-order valence-corrected chi connectivity index (χ3v) is 4.45. The zero-order chi connectivity index (χ0) is 14.7. The molecule has 0 aliphatic carbocycles. The molecule has 0 spiro atoms. The van der Waals surface area contributed by atoms with Crippen molar-refractivity contribution in [3.8, 4) is 0 Å². The van der Waals surface area contributed by atoms with Gasteiger partial charge in [0.25, 0.3) is 0 Å². The minimum absolute atomic E-state index is 0.713. The minimum Gasteiger partial charge on any atom is -0.446 e. The summed E-state index contributed by atoms with van der Waals surface area (Å²) in [4.78, 5) is 4.81. The van der Waals surface area contributed by atoms with E-state index in [1.807, 2.05) is 0 Å². The minimum atomic E-state index is 0.713. The SMILES string of the molecule is Cc1coc2nc3c4ccccc4c4ccccc4c3cc12. The molecule has 2 aromatic heterocycles. The predicted molar refractivity (Wildman–Crippen MR) is 91.3 cm³/mol. The Morgan fingerprint density at radius 3 is 2.05 bits per heavy atom. The van der Waals surface area contributed by atoms with Crippen LogP contribution in [0.15, 0.2) is 65.3 Å². The fraction of sp³-hybridized carbons (Fsp3) is 0.0500. The summed E-state index contributed by atoms with van der Waals surface area (Å²) in [6, 6.07) is 19.2. The molecule has 5 rings (SSSR count). The molecule has 0 unspecified atom stereocenters. The lowest BCUT2D eigenvalue weighted by Crippen LogP contribution is -1.86. The highest BCUT2D eigenvalue weighted by atomic mass is 16.3. The zero-order valence-corrected chi connectivity index (χ0v) is 12.1. The molecule has 0 fully saturated rings. The number of hydrogen-bond donors (Lipinski definition) is 0. The first-order valence-corrected chi connectivity index (χ1v) is 7.41. The van der Waals surface area contributed by atoms with Gasteiger partial charge >= 0.3 is 0 Å². The fourth-order valence-corrected chi connectivity index (χ4v) is 3.36. The molecule has 2 heteroatoms. The lowest BCUT2D eigenvalue weighted by atomic mass is 9.96. The van der Waals surface area contributed by atoms with Crippen molar-refractivity contribution in [2.24, 2.45) is 0 Å². The standard InChI is InChI=1S/C20H13NO/c1-12-11-22-20-17(12)10-18-15-8-3-2-6-13(15)14-7-4-5-9-16(14)19(18)21-20/h2-11H,1H3. The van der Waals surface area contributed by atoms with Crippen LogP contribution in [0.2, 0.25) is 0 Å². The van der Waals surface area contributed by atoms with Crippen molar-refractivity contribution < 1.29 is 4.42 Å². The second kappa shape index (κ2) is 4.08. The number of benzene rings is 3. The van der Waals surface area contributed by atoms with Gasteiger partial charge in [-0.25, -0.2) is 4.98 Å². The summed E-state index contributed by atoms with van der Waals surface area (Å²) in [6.45, 7) is 2.06. The zero-order valence-electron chi connectivity index (χ0n) is 12.1. The molecule has 0 radical (unpaired) electrons. The van der Waals surface area contributed by atoms with Crippen molar-refractivity contribution in [1.29, 1.82) is 0 Å². The van der Waals surface area contributed by atoms with Crippen molar-refractivity contribution >= 4 is 43.5 Å². The molecule has 0 amide bonds. The number of rotatable bonds is 0. The van der Waals surface area contributed by atoms with Gasteiger partial charge in [-0.3, -0.25) is 0 Å². The van der Waals surface area contributed by atoms with Crippen LogP contribution in [0.25, 0.3) is 43.5 Å². The van der Waals surface area contributed by atoms with Gasteiger partial charge in [-0.05, 0) is 34.7 Å². The van der Waals surface area contributed by atoms with E-state index in [0.717, 1.165) is 16.5 Å². The molecular weight excluding hydrogens is 270 g/mol. The first-order valence-electron chi connectivity index (χ1n) is 7.41. The maximum Gasteiger partial charge on any atom is 0.226 e. The van der Waals surface area contributed by atoms with Crippen LogP contribution in [-0.4, -0.2) is 4.98 Å². The second-order valence-corrected chi connectivity index (χ2v) is 5.75. The first-order chi connectivity index (χ1) is 10.8. The number of furan rings is 1. The number of aromatic nitrogens is 1. The number of fused-ring (bicyclic) bond motifs is 7. The summed E-state index contributed by atoms with van der Waals surface area (Å²) in [5.41, 5.74) is 2.85. The first kappa shape index (κ1) is 11.8. The van der Waals surface area contributed by atoms with E-state index < -0.39 is 0 Å². The van der Waals surface area contributed by atoms with Crippen LogP contribution < -0.4 is 0 Å². The topological polar surface area (TPSA) is 26.0 Å². The van der Waals surface area contributed by atoms with Crippen LogP contribution in [0.4, 0.5) is 0 Å². The van der Waals surface area contributed by atoms with E-state index in [1.54, 1.807) is 6.26 Å². The van der Waals surface area contributed by atoms with E-state index in [4.69, 9.17) is 9.40 Å². The van der Waals surface area contributed by atoms with Crippen LogP contribution in [0.1, 0.15) is 5.56 Å². The summed E-state index contributed by atoms with van der Waals surface area (Å²) in [5.74, 6) is 0. The molecule has 0 aliphatic heterocycles. The van der Waals surface area contributed by atoms with Crippen LogP contribution in [0, 0.1) is 6.92 Å². The van der Waals surface area contributed by atoms with Crippen molar-refractivity contribution in [2.75, 3.05) is 0 Å². The Balaban J connectivity index is 2.18. The van der Waals surface area contributed by atoms with E-state index in [9.17, 15) is 0 Å². The molecule has 104 valence electrons. The molecule has 22 heavy (non-hydrogen) atoms. The quantitative estimate of drug-likeness (QED) is 0.346. The van der Waals surface area contributed by atoms with Gasteiger partial charge in [0.05, 0.1) is 11.8 Å². The summed E-state index contributed by atoms with van der Waals surface area (Å²) >= 11 is 0. The van der Waals surface area contributed by atoms with Gasteiger partial charge in [0.2, 0.25) is 5.71 Å². The van der Waals surface area contributed by atoms with E-state index in [1.165, 1.54) is 26.9 Å². The Labute approximate surface area is 127 Å². The van der Waals surface area contributed by atoms with E-state index in [2.05, 4.69) is 61.5 Å². The highest BCUT2D eigenvalue weighted by molar-refractivity contribution is 6.25. The smallest absolute Gasteiger partial charge is 0.226 e. The molecule has 3 aromatic carbocycles. The number of nitrogens with zero attached hydrogens (tertiary/aromatic N) is 1. The van der Waals surface area contributed by atoms with E-state index in [0.29, 0.717) is 5.71 Å². The molecular formula is C20H13NO. The van der Waals surface area contributed by atoms with Crippen molar-refractivity contribution in [1.82, 2.24) is 4.98 Å². The van der Waals surface area contributed by atoms with Gasteiger partial charge in [0.1, 0.15) is 0 Å².